The molecule has 0 aromatic rings. The molecule has 40 heteroatoms. The molecule has 0 aliphatic carbocycles. The number of rotatable bonds is 35. The second-order valence-electron chi connectivity index (χ2n) is 44.0. The van der Waals surface area contributed by atoms with Gasteiger partial charge in [0.15, 0.2) is 0 Å². The Morgan fingerprint density at radius 2 is 0.629 bits per heavy atom. The number of nitrogens with two attached hydrogens (primary N) is 1. The fourth-order valence-electron chi connectivity index (χ4n) is 15.3. The monoisotopic (exact) mass is 2050 g/mol. The Bertz CT molecular complexity index is 3660. The van der Waals surface area contributed by atoms with E-state index in [4.69, 9.17) is 101 Å². The Hall–Kier alpha value is -6.72. The highest BCUT2D eigenvalue weighted by atomic mass is 35.5. The third-order valence-corrected chi connectivity index (χ3v) is 22.2. The Morgan fingerprint density at radius 1 is 0.371 bits per heavy atom. The number of unbranched alkanes of at least 4 members (excludes halogenated alkanes) is 1. The average molecular weight is 2050 g/mol. The van der Waals surface area contributed by atoms with Gasteiger partial charge in [-0.3, -0.25) is 56.9 Å². The van der Waals surface area contributed by atoms with Crippen molar-refractivity contribution in [3.8, 4) is 0 Å². The molecule has 7 aliphatic rings. The molecule has 0 radical (unpaired) electrons. The number of ether oxygens (including phenoxy) is 16. The maximum atomic E-state index is 11.9. The summed E-state index contributed by atoms with van der Waals surface area (Å²) in [5, 5.41) is 21.4. The molecular formula is C100H181ClN6O32S. The van der Waals surface area contributed by atoms with Crippen molar-refractivity contribution in [3.05, 3.63) is 10.4 Å². The zero-order valence-electron chi connectivity index (χ0n) is 89.6. The molecule has 7 fully saturated rings. The van der Waals surface area contributed by atoms with Gasteiger partial charge in [0.05, 0.1) is 180 Å². The van der Waals surface area contributed by atoms with Crippen molar-refractivity contribution in [1.29, 1.82) is 0 Å². The molecule has 14 atom stereocenters. The Labute approximate surface area is 841 Å². The van der Waals surface area contributed by atoms with Crippen LogP contribution in [0.15, 0.2) is 5.11 Å². The number of azide groups is 1. The fourth-order valence-corrected chi connectivity index (χ4v) is 15.7. The molecule has 0 bridgehead atoms. The van der Waals surface area contributed by atoms with E-state index in [-0.39, 0.29) is 189 Å². The molecule has 140 heavy (non-hydrogen) atoms. The summed E-state index contributed by atoms with van der Waals surface area (Å²) in [6.07, 6.45) is 19.0. The van der Waals surface area contributed by atoms with E-state index in [1.165, 1.54) is 27.7 Å². The number of halogens is 1. The van der Waals surface area contributed by atoms with Crippen molar-refractivity contribution in [2.24, 2.45) is 52.3 Å². The van der Waals surface area contributed by atoms with Crippen molar-refractivity contribution in [2.45, 2.75) is 409 Å². The van der Waals surface area contributed by atoms with Crippen LogP contribution < -0.4 is 5.73 Å². The molecule has 4 N–H and O–H groups in total. The van der Waals surface area contributed by atoms with Gasteiger partial charge >= 0.3 is 53.7 Å². The molecule has 7 aliphatic heterocycles. The summed E-state index contributed by atoms with van der Waals surface area (Å²) in [4.78, 5) is 132. The maximum Gasteiger partial charge on any atom is 0.306 e. The second-order valence-corrected chi connectivity index (χ2v) is 45.6. The predicted molar refractivity (Wildman–Crippen MR) is 527 cm³/mol. The Balaban J connectivity index is 0.00000162. The van der Waals surface area contributed by atoms with Gasteiger partial charge in [0.2, 0.25) is 11.8 Å². The lowest BCUT2D eigenvalue weighted by Gasteiger charge is -2.32. The van der Waals surface area contributed by atoms with Gasteiger partial charge in [0.1, 0.15) is 45.8 Å². The Kier molecular flexibility index (Phi) is 64.6. The third-order valence-electron chi connectivity index (χ3n) is 21.7. The van der Waals surface area contributed by atoms with Gasteiger partial charge in [0, 0.05) is 58.8 Å². The smallest absolute Gasteiger partial charge is 0.306 e. The van der Waals surface area contributed by atoms with Crippen LogP contribution >= 0.6 is 12.4 Å². The number of hydrogen-bond donors (Lipinski definition) is 3. The predicted octanol–water partition coefficient (Wildman–Crippen LogP) is 14.2. The minimum Gasteiger partial charge on any atom is -0.466 e. The molecular weight excluding hydrogens is 1860 g/mol. The molecule has 816 valence electrons. The first kappa shape index (κ1) is 133. The van der Waals surface area contributed by atoms with Gasteiger partial charge in [-0.1, -0.05) is 5.11 Å². The molecule has 0 aromatic heterocycles. The first-order valence-corrected chi connectivity index (χ1v) is 51.5. The first-order chi connectivity index (χ1) is 64.3. The number of hydrogen-bond acceptors (Lipinski definition) is 34. The average Bonchev–Trinajstić information content (AvgIpc) is 0.929. The van der Waals surface area contributed by atoms with E-state index in [0.29, 0.717) is 143 Å². The van der Waals surface area contributed by atoms with Gasteiger partial charge in [-0.15, -0.1) is 12.4 Å². The zero-order chi connectivity index (χ0) is 106. The highest BCUT2D eigenvalue weighted by Gasteiger charge is 2.35. The first-order valence-electron chi connectivity index (χ1n) is 49.7. The lowest BCUT2D eigenvalue weighted by molar-refractivity contribution is -0.159. The molecule has 7 heterocycles. The highest BCUT2D eigenvalue weighted by molar-refractivity contribution is 7.86. The van der Waals surface area contributed by atoms with Crippen LogP contribution in [0.5, 0.6) is 0 Å². The van der Waals surface area contributed by atoms with Crippen LogP contribution in [0.1, 0.15) is 327 Å². The van der Waals surface area contributed by atoms with Gasteiger partial charge in [0.25, 0.3) is 10.1 Å². The molecule has 7 rings (SSSR count). The number of nitrogens with zero attached hydrogens (tertiary/aromatic N) is 5. The SMILES string of the molecule is CC(=O)N(CCO)C[C@@H]1CC[C@@H](CC(=O)OC(C)(C)C)CO1.CC(=O)OCCCC[C@@H]1CC[C@@H](CC(=O)OC(C)(C)C)CO1.CC(=O)OCCN(C[C@@H]1CC[C@@H](CC(=O)OC(C)(C)C)CO1)C(C)=O.CC(C)(C)OC(=O)C[C@@H]1CC[C@@H](CN)OC1.CC(C)(C)OC(=O)C[C@@H]1CC[C@@H](CN=[N+]=[N-])OC1.CC(C)(C)OC(=O)C[C@@H]1CC[C@@H](CO)OC1.CC(C)(C)OC(=O)C[C@@H]1CC[C@@H](COS(C)(=O)=O)OC1.Cl. The van der Waals surface area contributed by atoms with Crippen molar-refractivity contribution >= 4 is 88.1 Å². The van der Waals surface area contributed by atoms with Gasteiger partial charge < -0.3 is 102 Å². The topological polar surface area (TPSA) is 501 Å². The van der Waals surface area contributed by atoms with Gasteiger partial charge in [-0.25, -0.2) is 0 Å². The van der Waals surface area contributed by atoms with E-state index in [1.807, 2.05) is 145 Å². The van der Waals surface area contributed by atoms with E-state index >= 15 is 0 Å². The van der Waals surface area contributed by atoms with Crippen LogP contribution in [0.25, 0.3) is 10.4 Å². The van der Waals surface area contributed by atoms with Crippen LogP contribution in [0.2, 0.25) is 0 Å². The summed E-state index contributed by atoms with van der Waals surface area (Å²) >= 11 is 0. The molecule has 2 amide bonds. The molecule has 0 saturated carbocycles. The van der Waals surface area contributed by atoms with Crippen molar-refractivity contribution < 1.29 is 151 Å². The van der Waals surface area contributed by atoms with Crippen molar-refractivity contribution in [2.75, 3.05) is 125 Å². The lowest BCUT2D eigenvalue weighted by atomic mass is 9.93. The molecule has 7 saturated heterocycles. The van der Waals surface area contributed by atoms with Crippen LogP contribution in [-0.4, -0.2) is 301 Å². The van der Waals surface area contributed by atoms with Crippen LogP contribution in [0.3, 0.4) is 0 Å². The summed E-state index contributed by atoms with van der Waals surface area (Å²) in [5.74, 6) is -0.493. The normalized spacial score (nSPS) is 23.3. The van der Waals surface area contributed by atoms with Crippen molar-refractivity contribution in [1.82, 2.24) is 9.80 Å². The summed E-state index contributed by atoms with van der Waals surface area (Å²) in [6, 6.07) is 0. The zero-order valence-corrected chi connectivity index (χ0v) is 91.2. The van der Waals surface area contributed by atoms with Gasteiger partial charge in [-0.05, 0) is 302 Å². The number of esters is 9. The molecule has 0 unspecified atom stereocenters. The Morgan fingerprint density at radius 3 is 0.864 bits per heavy atom. The number of carbonyl (C=O) groups is 11. The highest BCUT2D eigenvalue weighted by Crippen LogP contribution is 2.32. The summed E-state index contributed by atoms with van der Waals surface area (Å²) in [7, 11) is -3.43. The van der Waals surface area contributed by atoms with E-state index in [9.17, 15) is 61.2 Å². The number of carbonyl (C=O) groups excluding carboxylic acids is 11. The number of amides is 2. The maximum absolute atomic E-state index is 11.9. The van der Waals surface area contributed by atoms with Gasteiger partial charge in [-0.2, -0.15) is 8.42 Å². The number of aliphatic hydroxyl groups is 2. The van der Waals surface area contributed by atoms with E-state index in [2.05, 4.69) is 10.0 Å². The quantitative estimate of drug-likeness (QED) is 0.0101. The van der Waals surface area contributed by atoms with Crippen molar-refractivity contribution in [3.63, 3.8) is 0 Å². The summed E-state index contributed by atoms with van der Waals surface area (Å²) in [6.45, 7) is 51.9. The molecule has 0 aromatic carbocycles. The molecule has 0 spiro atoms. The van der Waals surface area contributed by atoms with E-state index in [0.717, 1.165) is 109 Å². The van der Waals surface area contributed by atoms with Crippen LogP contribution in [0.4, 0.5) is 0 Å². The largest absolute Gasteiger partial charge is 0.466 e. The lowest BCUT2D eigenvalue weighted by Crippen LogP contribution is -2.42. The second kappa shape index (κ2) is 67.9. The number of aliphatic hydroxyl groups excluding tert-OH is 2. The van der Waals surface area contributed by atoms with E-state index in [1.54, 1.807) is 9.80 Å². The summed E-state index contributed by atoms with van der Waals surface area (Å²) in [5.41, 5.74) is 10.7. The molecule has 38 nitrogen and oxygen atoms in total. The summed E-state index contributed by atoms with van der Waals surface area (Å²) < 4.78 is 113. The minimum atomic E-state index is -3.43. The van der Waals surface area contributed by atoms with Crippen LogP contribution in [0, 0.1) is 41.4 Å². The van der Waals surface area contributed by atoms with E-state index < -0.39 is 49.3 Å². The van der Waals surface area contributed by atoms with Crippen LogP contribution in [-0.2, 0) is 143 Å². The third kappa shape index (κ3) is 74.2. The minimum absolute atomic E-state index is 0. The fraction of sp³-hybridized carbons (Fsp3) is 0.890. The standard InChI is InChI=1S/C18H31NO6.C17H30O5.C16H29NO5.C13H24O6S.C12H21N3O3.C12H23NO3.C12H22O4.ClH/c1-13(20)19(8-9-23-14(2)21)11-16-7-6-15(12-24-16)10-17(22)25-18(3,4)5;1-13(18)20-10-6-5-7-15-9-8-14(12-21-15)11-16(19)22-17(2,3)4;1-12(19)17(7-8-18)10-14-6-5-13(11-21-14)9-15(20)22-16(2,3)4;1-13(2,3)19-12(14)7-10-5-6-11(17-8-10)9-18-20(4,15)16;1-12(2,3)18-11(16)6-9-4-5-10(17-8-9)7-14-15-13;2*1-12(2,3)16-11(14)6-9-4-5-10(7-13)15-8-9;/h15-16H,6-12H2,1-5H3;14-15H,5-12H2,1-4H3;13-14,18H,5-11H2,1-4H3;10-11H,5-9H2,1-4H3;9-10H,4-8H2,1-3H3;9-10H,4-8,13H2,1-3H3;9-10,13H,4-8H2,1-3H3;1H/t15-,16-;14-,15+;13-,14-;10-,11-;3*9-,10-;/m0000000./s1.